The van der Waals surface area contributed by atoms with Crippen LogP contribution in [0.4, 0.5) is 5.69 Å². The second-order valence-electron chi connectivity index (χ2n) is 5.64. The minimum atomic E-state index is -0.558. The molecule has 4 N–H and O–H groups in total. The van der Waals surface area contributed by atoms with E-state index in [0.717, 1.165) is 36.6 Å². The minimum absolute atomic E-state index is 0.205. The lowest BCUT2D eigenvalue weighted by atomic mass is 9.87. The summed E-state index contributed by atoms with van der Waals surface area (Å²) in [6, 6.07) is 1.84. The van der Waals surface area contributed by atoms with Gasteiger partial charge in [-0.2, -0.15) is 4.99 Å². The van der Waals surface area contributed by atoms with Gasteiger partial charge in [0, 0.05) is 8.95 Å². The van der Waals surface area contributed by atoms with Crippen LogP contribution < -0.4 is 16.4 Å². The highest BCUT2D eigenvalue weighted by atomic mass is 79.9. The van der Waals surface area contributed by atoms with E-state index >= 15 is 0 Å². The molecular formula is C14H15Br2Cl2N5. The number of nitrogens with two attached hydrogens (primary N) is 2. The van der Waals surface area contributed by atoms with E-state index in [2.05, 4.69) is 41.8 Å². The molecule has 1 spiro atoms. The molecule has 23 heavy (non-hydrogen) atoms. The van der Waals surface area contributed by atoms with Gasteiger partial charge in [-0.05, 0) is 63.6 Å². The van der Waals surface area contributed by atoms with Crippen LogP contribution >= 0.6 is 55.1 Å². The number of guanidine groups is 2. The third-order valence-electron chi connectivity index (χ3n) is 4.16. The fraction of sp³-hybridized carbons (Fsp3) is 0.429. The molecule has 1 aliphatic carbocycles. The highest BCUT2D eigenvalue weighted by molar-refractivity contribution is 9.11. The summed E-state index contributed by atoms with van der Waals surface area (Å²) < 4.78 is 1.46. The normalized spacial score (nSPS) is 20.4. The molecule has 1 fully saturated rings. The molecule has 0 radical (unpaired) electrons. The van der Waals surface area contributed by atoms with Crippen molar-refractivity contribution < 1.29 is 0 Å². The molecule has 9 heteroatoms. The van der Waals surface area contributed by atoms with Gasteiger partial charge in [0.05, 0.1) is 15.7 Å². The Labute approximate surface area is 161 Å². The average molecular weight is 484 g/mol. The monoisotopic (exact) mass is 481 g/mol. The number of nitrogens with zero attached hydrogens (tertiary/aromatic N) is 3. The van der Waals surface area contributed by atoms with E-state index in [0.29, 0.717) is 20.2 Å². The predicted molar refractivity (Wildman–Crippen MR) is 103 cm³/mol. The second-order valence-corrected chi connectivity index (χ2v) is 8.10. The third-order valence-corrected chi connectivity index (χ3v) is 6.48. The fourth-order valence-corrected chi connectivity index (χ4v) is 5.21. The first kappa shape index (κ1) is 17.3. The Bertz CT molecular complexity index is 714. The van der Waals surface area contributed by atoms with Crippen LogP contribution in [0.2, 0.25) is 10.0 Å². The van der Waals surface area contributed by atoms with Gasteiger partial charge in [-0.1, -0.05) is 29.6 Å². The molecular weight excluding hydrogens is 469 g/mol. The van der Waals surface area contributed by atoms with Gasteiger partial charge in [0.1, 0.15) is 5.66 Å². The fourth-order valence-electron chi connectivity index (χ4n) is 3.21. The molecule has 1 aromatic carbocycles. The van der Waals surface area contributed by atoms with Crippen LogP contribution in [0.25, 0.3) is 0 Å². The van der Waals surface area contributed by atoms with E-state index < -0.39 is 5.66 Å². The molecule has 0 saturated heterocycles. The summed E-state index contributed by atoms with van der Waals surface area (Å²) in [5.41, 5.74) is 12.2. The lowest BCUT2D eigenvalue weighted by Gasteiger charge is -2.46. The van der Waals surface area contributed by atoms with Gasteiger partial charge in [0.15, 0.2) is 0 Å². The van der Waals surface area contributed by atoms with E-state index in [1.807, 2.05) is 11.0 Å². The summed E-state index contributed by atoms with van der Waals surface area (Å²) in [7, 11) is 0. The van der Waals surface area contributed by atoms with E-state index in [-0.39, 0.29) is 11.9 Å². The number of hydrogen-bond acceptors (Lipinski definition) is 5. The molecule has 1 heterocycles. The SMILES string of the molecule is NC1=NC2(CCCCC2)N(c2c(Br)cc(Br)c(Cl)c2Cl)C(N)=N1. The van der Waals surface area contributed by atoms with Crippen LogP contribution in [0.15, 0.2) is 25.0 Å². The number of aliphatic imine (C=N–C) groups is 2. The lowest BCUT2D eigenvalue weighted by Crippen LogP contribution is -2.58. The van der Waals surface area contributed by atoms with Gasteiger partial charge >= 0.3 is 0 Å². The number of anilines is 1. The first-order chi connectivity index (χ1) is 10.9. The summed E-state index contributed by atoms with van der Waals surface area (Å²) in [6.07, 6.45) is 4.92. The number of halogens is 4. The van der Waals surface area contributed by atoms with Crippen LogP contribution in [0.1, 0.15) is 32.1 Å². The molecule has 0 unspecified atom stereocenters. The zero-order chi connectivity index (χ0) is 16.8. The first-order valence-corrected chi connectivity index (χ1v) is 9.52. The van der Waals surface area contributed by atoms with Gasteiger partial charge < -0.3 is 11.5 Å². The quantitative estimate of drug-likeness (QED) is 0.451. The average Bonchev–Trinajstić information content (AvgIpc) is 2.48. The van der Waals surface area contributed by atoms with Gasteiger partial charge in [-0.15, -0.1) is 0 Å². The van der Waals surface area contributed by atoms with Crippen LogP contribution in [0.3, 0.4) is 0 Å². The summed E-state index contributed by atoms with van der Waals surface area (Å²) >= 11 is 19.8. The molecule has 1 aromatic rings. The van der Waals surface area contributed by atoms with Crippen molar-refractivity contribution in [2.75, 3.05) is 4.90 Å². The van der Waals surface area contributed by atoms with Crippen molar-refractivity contribution in [3.05, 3.63) is 25.1 Å². The van der Waals surface area contributed by atoms with E-state index in [1.165, 1.54) is 0 Å². The van der Waals surface area contributed by atoms with Crippen LogP contribution in [-0.2, 0) is 0 Å². The Kier molecular flexibility index (Phi) is 4.84. The standard InChI is InChI=1S/C14H15Br2Cl2N5/c15-7-6-8(16)11(10(18)9(7)17)23-13(20)21-12(19)22-14(23)4-2-1-3-5-14/h6H,1-5H2,(H4,19,20,21,22). The Morgan fingerprint density at radius 2 is 1.70 bits per heavy atom. The predicted octanol–water partition coefficient (Wildman–Crippen LogP) is 4.63. The van der Waals surface area contributed by atoms with Crippen molar-refractivity contribution in [2.45, 2.75) is 37.8 Å². The van der Waals surface area contributed by atoms with E-state index in [4.69, 9.17) is 34.7 Å². The Morgan fingerprint density at radius 1 is 1.04 bits per heavy atom. The van der Waals surface area contributed by atoms with Crippen molar-refractivity contribution in [3.8, 4) is 0 Å². The summed E-state index contributed by atoms with van der Waals surface area (Å²) in [4.78, 5) is 10.6. The summed E-state index contributed by atoms with van der Waals surface area (Å²) in [5, 5.41) is 0.817. The Balaban J connectivity index is 2.21. The van der Waals surface area contributed by atoms with Crippen molar-refractivity contribution in [1.29, 1.82) is 0 Å². The lowest BCUT2D eigenvalue weighted by molar-refractivity contribution is 0.305. The number of hydrogen-bond donors (Lipinski definition) is 2. The summed E-state index contributed by atoms with van der Waals surface area (Å²) in [6.45, 7) is 0. The Morgan fingerprint density at radius 3 is 2.35 bits per heavy atom. The largest absolute Gasteiger partial charge is 0.369 e. The Hall–Kier alpha value is -0.500. The van der Waals surface area contributed by atoms with Crippen LogP contribution in [0, 0.1) is 0 Å². The van der Waals surface area contributed by atoms with Gasteiger partial charge in [0.25, 0.3) is 0 Å². The first-order valence-electron chi connectivity index (χ1n) is 7.18. The van der Waals surface area contributed by atoms with E-state index in [9.17, 15) is 0 Å². The van der Waals surface area contributed by atoms with Crippen molar-refractivity contribution in [1.82, 2.24) is 0 Å². The van der Waals surface area contributed by atoms with Crippen molar-refractivity contribution in [3.63, 3.8) is 0 Å². The van der Waals surface area contributed by atoms with Gasteiger partial charge in [0.2, 0.25) is 11.9 Å². The molecule has 2 aliphatic rings. The number of rotatable bonds is 1. The topological polar surface area (TPSA) is 80.0 Å². The smallest absolute Gasteiger partial charge is 0.220 e. The maximum absolute atomic E-state index is 6.52. The van der Waals surface area contributed by atoms with Gasteiger partial charge in [-0.25, -0.2) is 4.99 Å². The van der Waals surface area contributed by atoms with Crippen LogP contribution in [-0.4, -0.2) is 17.6 Å². The second kappa shape index (κ2) is 6.43. The van der Waals surface area contributed by atoms with Crippen molar-refractivity contribution in [2.24, 2.45) is 21.5 Å². The van der Waals surface area contributed by atoms with Crippen molar-refractivity contribution >= 4 is 72.7 Å². The molecule has 0 aromatic heterocycles. The number of benzene rings is 1. The molecule has 1 saturated carbocycles. The highest BCUT2D eigenvalue weighted by Crippen LogP contribution is 2.48. The maximum atomic E-state index is 6.52. The molecule has 3 rings (SSSR count). The minimum Gasteiger partial charge on any atom is -0.369 e. The van der Waals surface area contributed by atoms with Crippen LogP contribution in [0.5, 0.6) is 0 Å². The van der Waals surface area contributed by atoms with Gasteiger partial charge in [-0.3, -0.25) is 4.90 Å². The van der Waals surface area contributed by atoms with E-state index in [1.54, 1.807) is 0 Å². The molecule has 0 bridgehead atoms. The molecule has 1 aliphatic heterocycles. The molecule has 124 valence electrons. The zero-order valence-electron chi connectivity index (χ0n) is 12.1. The summed E-state index contributed by atoms with van der Waals surface area (Å²) in [5.74, 6) is 0.483. The third kappa shape index (κ3) is 2.97. The molecule has 0 amide bonds. The zero-order valence-corrected chi connectivity index (χ0v) is 16.8. The molecule has 0 atom stereocenters. The molecule has 5 nitrogen and oxygen atoms in total. The highest BCUT2D eigenvalue weighted by Gasteiger charge is 2.44. The maximum Gasteiger partial charge on any atom is 0.220 e.